The molecule has 5 heteroatoms. The molecule has 0 atom stereocenters. The third-order valence-corrected chi connectivity index (χ3v) is 4.60. The lowest BCUT2D eigenvalue weighted by atomic mass is 9.88. The Bertz CT molecular complexity index is 468. The van der Waals surface area contributed by atoms with E-state index in [-0.39, 0.29) is 24.0 Å². The van der Waals surface area contributed by atoms with Crippen molar-refractivity contribution in [1.82, 2.24) is 4.90 Å². The Hall–Kier alpha value is -1.26. The first kappa shape index (κ1) is 16.1. The fourth-order valence-corrected chi connectivity index (χ4v) is 3.00. The van der Waals surface area contributed by atoms with Crippen LogP contribution >= 0.6 is 12.4 Å². The van der Waals surface area contributed by atoms with Crippen molar-refractivity contribution in [1.29, 1.82) is 0 Å². The molecular formula is C16H23ClN2O2. The molecule has 2 fully saturated rings. The van der Waals surface area contributed by atoms with Crippen LogP contribution in [0.1, 0.15) is 31.2 Å². The molecule has 1 aliphatic carbocycles. The SMILES string of the molecule is Cl.NC1(C2CCN(C(=O)OCc3ccccc3)CC2)CC1. The number of nitrogens with two attached hydrogens (primary N) is 1. The molecule has 0 aromatic heterocycles. The number of piperidine rings is 1. The zero-order valence-electron chi connectivity index (χ0n) is 12.2. The minimum atomic E-state index is -0.200. The molecule has 0 unspecified atom stereocenters. The van der Waals surface area contributed by atoms with Gasteiger partial charge in [0.05, 0.1) is 0 Å². The Morgan fingerprint density at radius 3 is 2.43 bits per heavy atom. The molecule has 3 rings (SSSR count). The van der Waals surface area contributed by atoms with Gasteiger partial charge < -0.3 is 15.4 Å². The van der Waals surface area contributed by atoms with Crippen LogP contribution in [0.3, 0.4) is 0 Å². The number of carbonyl (C=O) groups excluding carboxylic acids is 1. The van der Waals surface area contributed by atoms with Gasteiger partial charge >= 0.3 is 6.09 Å². The van der Waals surface area contributed by atoms with Gasteiger partial charge in [0.25, 0.3) is 0 Å². The van der Waals surface area contributed by atoms with E-state index in [0.717, 1.165) is 44.3 Å². The number of likely N-dealkylation sites (tertiary alicyclic amines) is 1. The van der Waals surface area contributed by atoms with Crippen LogP contribution in [-0.4, -0.2) is 29.6 Å². The maximum Gasteiger partial charge on any atom is 0.410 e. The highest BCUT2D eigenvalue weighted by Gasteiger charge is 2.46. The monoisotopic (exact) mass is 310 g/mol. The highest BCUT2D eigenvalue weighted by atomic mass is 35.5. The summed E-state index contributed by atoms with van der Waals surface area (Å²) in [6.45, 7) is 1.90. The number of amides is 1. The topological polar surface area (TPSA) is 55.6 Å². The Morgan fingerprint density at radius 1 is 1.24 bits per heavy atom. The Balaban J connectivity index is 0.00000161. The van der Waals surface area contributed by atoms with Crippen LogP contribution in [0.4, 0.5) is 4.79 Å². The molecule has 0 spiro atoms. The largest absolute Gasteiger partial charge is 0.445 e. The van der Waals surface area contributed by atoms with Crippen molar-refractivity contribution < 1.29 is 9.53 Å². The highest BCUT2D eigenvalue weighted by Crippen LogP contribution is 2.44. The molecule has 1 aromatic carbocycles. The zero-order valence-corrected chi connectivity index (χ0v) is 13.0. The number of nitrogens with zero attached hydrogens (tertiary/aromatic N) is 1. The summed E-state index contributed by atoms with van der Waals surface area (Å²) in [7, 11) is 0. The summed E-state index contributed by atoms with van der Waals surface area (Å²) in [5.74, 6) is 0.584. The van der Waals surface area contributed by atoms with E-state index >= 15 is 0 Å². The van der Waals surface area contributed by atoms with E-state index in [1.165, 1.54) is 0 Å². The van der Waals surface area contributed by atoms with Crippen LogP contribution in [0.15, 0.2) is 30.3 Å². The van der Waals surface area contributed by atoms with Gasteiger partial charge in [0.1, 0.15) is 6.61 Å². The molecule has 116 valence electrons. The van der Waals surface area contributed by atoms with Crippen LogP contribution in [0, 0.1) is 5.92 Å². The summed E-state index contributed by atoms with van der Waals surface area (Å²) in [4.78, 5) is 13.8. The third-order valence-electron chi connectivity index (χ3n) is 4.60. The summed E-state index contributed by atoms with van der Waals surface area (Å²) in [5, 5.41) is 0. The van der Waals surface area contributed by atoms with Gasteiger partial charge in [-0.2, -0.15) is 0 Å². The predicted octanol–water partition coefficient (Wildman–Crippen LogP) is 2.95. The van der Waals surface area contributed by atoms with Gasteiger partial charge in [0.2, 0.25) is 0 Å². The number of benzene rings is 1. The smallest absolute Gasteiger partial charge is 0.410 e. The van der Waals surface area contributed by atoms with Gasteiger partial charge in [-0.15, -0.1) is 12.4 Å². The van der Waals surface area contributed by atoms with Crippen LogP contribution in [-0.2, 0) is 11.3 Å². The van der Waals surface area contributed by atoms with E-state index < -0.39 is 0 Å². The Morgan fingerprint density at radius 2 is 1.86 bits per heavy atom. The van der Waals surface area contributed by atoms with Gasteiger partial charge in [0.15, 0.2) is 0 Å². The zero-order chi connectivity index (χ0) is 14.0. The number of halogens is 1. The predicted molar refractivity (Wildman–Crippen MR) is 84.3 cm³/mol. The van der Waals surface area contributed by atoms with Gasteiger partial charge in [0, 0.05) is 18.6 Å². The fourth-order valence-electron chi connectivity index (χ4n) is 3.00. The van der Waals surface area contributed by atoms with Crippen LogP contribution in [0.5, 0.6) is 0 Å². The first-order valence-electron chi connectivity index (χ1n) is 7.42. The molecule has 1 aromatic rings. The lowest BCUT2D eigenvalue weighted by Gasteiger charge is -2.34. The van der Waals surface area contributed by atoms with Crippen LogP contribution in [0.2, 0.25) is 0 Å². The Labute approximate surface area is 132 Å². The van der Waals surface area contributed by atoms with Crippen molar-refractivity contribution in [2.75, 3.05) is 13.1 Å². The van der Waals surface area contributed by atoms with Gasteiger partial charge in [-0.05, 0) is 37.2 Å². The summed E-state index contributed by atoms with van der Waals surface area (Å²) in [5.41, 5.74) is 7.35. The van der Waals surface area contributed by atoms with E-state index in [2.05, 4.69) is 0 Å². The second-order valence-electron chi connectivity index (χ2n) is 6.03. The quantitative estimate of drug-likeness (QED) is 0.934. The molecule has 21 heavy (non-hydrogen) atoms. The maximum absolute atomic E-state index is 12.0. The number of hydrogen-bond acceptors (Lipinski definition) is 3. The molecule has 1 amide bonds. The first-order chi connectivity index (χ1) is 9.67. The van der Waals surface area contributed by atoms with Crippen molar-refractivity contribution in [3.05, 3.63) is 35.9 Å². The second kappa shape index (κ2) is 6.67. The van der Waals surface area contributed by atoms with Crippen molar-refractivity contribution in [3.63, 3.8) is 0 Å². The minimum Gasteiger partial charge on any atom is -0.445 e. The molecule has 2 N–H and O–H groups in total. The van der Waals surface area contributed by atoms with Gasteiger partial charge in [-0.1, -0.05) is 30.3 Å². The average Bonchev–Trinajstić information content (AvgIpc) is 3.25. The van der Waals surface area contributed by atoms with Crippen molar-refractivity contribution in [2.24, 2.45) is 11.7 Å². The first-order valence-corrected chi connectivity index (χ1v) is 7.42. The van der Waals surface area contributed by atoms with E-state index in [4.69, 9.17) is 10.5 Å². The van der Waals surface area contributed by atoms with Crippen LogP contribution in [0.25, 0.3) is 0 Å². The van der Waals surface area contributed by atoms with Crippen molar-refractivity contribution >= 4 is 18.5 Å². The summed E-state index contributed by atoms with van der Waals surface area (Å²) in [6.07, 6.45) is 4.12. The maximum atomic E-state index is 12.0. The number of hydrogen-bond donors (Lipinski definition) is 1. The lowest BCUT2D eigenvalue weighted by Crippen LogP contribution is -2.44. The molecule has 1 saturated heterocycles. The second-order valence-corrected chi connectivity index (χ2v) is 6.03. The molecule has 4 nitrogen and oxygen atoms in total. The standard InChI is InChI=1S/C16H22N2O2.ClH/c17-16(8-9-16)14-6-10-18(11-7-14)15(19)20-12-13-4-2-1-3-5-13;/h1-5,14H,6-12,17H2;1H. The molecule has 1 heterocycles. The summed E-state index contributed by atoms with van der Waals surface area (Å²) < 4.78 is 5.36. The third kappa shape index (κ3) is 3.89. The summed E-state index contributed by atoms with van der Waals surface area (Å²) in [6, 6.07) is 9.78. The van der Waals surface area contributed by atoms with Gasteiger partial charge in [-0.3, -0.25) is 0 Å². The van der Waals surface area contributed by atoms with Crippen molar-refractivity contribution in [2.45, 2.75) is 37.8 Å². The van der Waals surface area contributed by atoms with Gasteiger partial charge in [-0.25, -0.2) is 4.79 Å². The van der Waals surface area contributed by atoms with E-state index in [9.17, 15) is 4.79 Å². The van der Waals surface area contributed by atoms with E-state index in [1.54, 1.807) is 0 Å². The van der Waals surface area contributed by atoms with Crippen LogP contribution < -0.4 is 5.73 Å². The number of rotatable bonds is 3. The fraction of sp³-hybridized carbons (Fsp3) is 0.562. The minimum absolute atomic E-state index is 0. The molecule has 2 aliphatic rings. The molecule has 1 saturated carbocycles. The number of ether oxygens (including phenoxy) is 1. The highest BCUT2D eigenvalue weighted by molar-refractivity contribution is 5.85. The molecule has 0 bridgehead atoms. The normalized spacial score (nSPS) is 20.5. The lowest BCUT2D eigenvalue weighted by molar-refractivity contribution is 0.0786. The molecule has 0 radical (unpaired) electrons. The van der Waals surface area contributed by atoms with E-state index in [1.807, 2.05) is 35.2 Å². The number of carbonyl (C=O) groups is 1. The molecular weight excluding hydrogens is 288 g/mol. The Kier molecular flexibility index (Phi) is 5.12. The molecule has 1 aliphatic heterocycles. The van der Waals surface area contributed by atoms with E-state index in [0.29, 0.717) is 12.5 Å². The van der Waals surface area contributed by atoms with Crippen molar-refractivity contribution in [3.8, 4) is 0 Å². The summed E-state index contributed by atoms with van der Waals surface area (Å²) >= 11 is 0. The average molecular weight is 311 g/mol.